The van der Waals surface area contributed by atoms with Crippen LogP contribution in [-0.2, 0) is 11.3 Å². The lowest BCUT2D eigenvalue weighted by molar-refractivity contribution is -0.116. The zero-order valence-electron chi connectivity index (χ0n) is 13.8. The lowest BCUT2D eigenvalue weighted by Gasteiger charge is -2.10. The van der Waals surface area contributed by atoms with Crippen molar-refractivity contribution in [3.63, 3.8) is 0 Å². The molecule has 6 heteroatoms. The van der Waals surface area contributed by atoms with Crippen molar-refractivity contribution in [2.24, 2.45) is 0 Å². The van der Waals surface area contributed by atoms with Gasteiger partial charge in [0, 0.05) is 23.8 Å². The molecule has 2 aromatic carbocycles. The van der Waals surface area contributed by atoms with Crippen molar-refractivity contribution in [3.05, 3.63) is 73.1 Å². The first-order chi connectivity index (χ1) is 12.2. The normalized spacial score (nSPS) is 10.9. The molecule has 0 aliphatic heterocycles. The predicted octanol–water partition coefficient (Wildman–Crippen LogP) is 3.17. The second-order valence-electron chi connectivity index (χ2n) is 5.80. The topological polar surface area (TPSA) is 64.7 Å². The van der Waals surface area contributed by atoms with Crippen molar-refractivity contribution in [2.45, 2.75) is 13.5 Å². The highest BCUT2D eigenvalue weighted by molar-refractivity contribution is 5.92. The third-order valence-electron chi connectivity index (χ3n) is 4.08. The number of carbonyl (C=O) groups excluding carboxylic acids is 1. The Morgan fingerprint density at radius 1 is 1.16 bits per heavy atom. The van der Waals surface area contributed by atoms with Gasteiger partial charge in [0.15, 0.2) is 0 Å². The Morgan fingerprint density at radius 2 is 2.04 bits per heavy atom. The highest BCUT2D eigenvalue weighted by Crippen LogP contribution is 2.17. The Morgan fingerprint density at radius 3 is 2.88 bits per heavy atom. The first kappa shape index (κ1) is 15.1. The molecule has 0 saturated carbocycles. The van der Waals surface area contributed by atoms with Gasteiger partial charge in [-0.25, -0.2) is 9.97 Å². The van der Waals surface area contributed by atoms with Gasteiger partial charge < -0.3 is 14.5 Å². The molecule has 0 aliphatic carbocycles. The van der Waals surface area contributed by atoms with Crippen LogP contribution in [0.25, 0.3) is 16.7 Å². The summed E-state index contributed by atoms with van der Waals surface area (Å²) in [4.78, 5) is 21.0. The van der Waals surface area contributed by atoms with E-state index in [1.54, 1.807) is 12.5 Å². The number of hydrogen-bond donors (Lipinski definition) is 1. The van der Waals surface area contributed by atoms with Gasteiger partial charge in [-0.15, -0.1) is 0 Å². The van der Waals surface area contributed by atoms with Gasteiger partial charge in [-0.2, -0.15) is 0 Å². The van der Waals surface area contributed by atoms with Gasteiger partial charge in [-0.1, -0.05) is 18.2 Å². The standard InChI is InChI=1S/C19H17N5O/c1-14-21-17-7-2-3-8-18(17)24(14)12-19(25)22-15-5-4-6-16(11-15)23-10-9-20-13-23/h2-11,13H,12H2,1H3,(H,22,25). The summed E-state index contributed by atoms with van der Waals surface area (Å²) in [6.45, 7) is 2.13. The maximum Gasteiger partial charge on any atom is 0.244 e. The monoisotopic (exact) mass is 331 g/mol. The molecule has 4 rings (SSSR count). The van der Waals surface area contributed by atoms with Crippen LogP contribution in [0.2, 0.25) is 0 Å². The minimum Gasteiger partial charge on any atom is -0.324 e. The van der Waals surface area contributed by atoms with E-state index in [1.165, 1.54) is 0 Å². The molecule has 1 N–H and O–H groups in total. The fraction of sp³-hybridized carbons (Fsp3) is 0.105. The van der Waals surface area contributed by atoms with Crippen LogP contribution in [0.15, 0.2) is 67.3 Å². The lowest BCUT2D eigenvalue weighted by atomic mass is 10.2. The number of aryl methyl sites for hydroxylation is 1. The summed E-state index contributed by atoms with van der Waals surface area (Å²) in [6.07, 6.45) is 5.31. The number of carbonyl (C=O) groups is 1. The van der Waals surface area contributed by atoms with Crippen molar-refractivity contribution in [1.29, 1.82) is 0 Å². The molecule has 0 atom stereocenters. The van der Waals surface area contributed by atoms with Gasteiger partial charge >= 0.3 is 0 Å². The van der Waals surface area contributed by atoms with E-state index in [9.17, 15) is 4.79 Å². The van der Waals surface area contributed by atoms with E-state index in [-0.39, 0.29) is 12.5 Å². The molecule has 0 fully saturated rings. The van der Waals surface area contributed by atoms with E-state index in [4.69, 9.17) is 0 Å². The number of rotatable bonds is 4. The molecule has 0 aliphatic rings. The van der Waals surface area contributed by atoms with Gasteiger partial charge in [-0.05, 0) is 37.3 Å². The quantitative estimate of drug-likeness (QED) is 0.625. The smallest absolute Gasteiger partial charge is 0.244 e. The molecule has 0 radical (unpaired) electrons. The third kappa shape index (κ3) is 3.01. The number of hydrogen-bond acceptors (Lipinski definition) is 3. The molecule has 6 nitrogen and oxygen atoms in total. The highest BCUT2D eigenvalue weighted by Gasteiger charge is 2.11. The van der Waals surface area contributed by atoms with Crippen LogP contribution in [-0.4, -0.2) is 25.0 Å². The molecule has 25 heavy (non-hydrogen) atoms. The Kier molecular flexibility index (Phi) is 3.78. The second kappa shape index (κ2) is 6.24. The Bertz CT molecular complexity index is 1030. The van der Waals surface area contributed by atoms with Gasteiger partial charge in [0.05, 0.1) is 17.4 Å². The molecule has 0 bridgehead atoms. The summed E-state index contributed by atoms with van der Waals surface area (Å²) in [7, 11) is 0. The number of para-hydroxylation sites is 2. The molecular formula is C19H17N5O. The molecule has 2 aromatic heterocycles. The first-order valence-corrected chi connectivity index (χ1v) is 8.01. The zero-order valence-corrected chi connectivity index (χ0v) is 13.8. The van der Waals surface area contributed by atoms with Crippen LogP contribution in [0.4, 0.5) is 5.69 Å². The number of imidazole rings is 2. The van der Waals surface area contributed by atoms with E-state index in [0.717, 1.165) is 28.2 Å². The largest absolute Gasteiger partial charge is 0.324 e. The van der Waals surface area contributed by atoms with Crippen LogP contribution < -0.4 is 5.32 Å². The van der Waals surface area contributed by atoms with E-state index in [0.29, 0.717) is 0 Å². The number of aromatic nitrogens is 4. The predicted molar refractivity (Wildman–Crippen MR) is 96.7 cm³/mol. The van der Waals surface area contributed by atoms with Gasteiger partial charge in [0.1, 0.15) is 12.4 Å². The van der Waals surface area contributed by atoms with Crippen LogP contribution in [0, 0.1) is 6.92 Å². The van der Waals surface area contributed by atoms with Crippen molar-refractivity contribution in [1.82, 2.24) is 19.1 Å². The Balaban J connectivity index is 1.54. The van der Waals surface area contributed by atoms with Crippen molar-refractivity contribution in [3.8, 4) is 5.69 Å². The highest BCUT2D eigenvalue weighted by atomic mass is 16.1. The summed E-state index contributed by atoms with van der Waals surface area (Å²) >= 11 is 0. The van der Waals surface area contributed by atoms with Crippen LogP contribution in [0.5, 0.6) is 0 Å². The fourth-order valence-electron chi connectivity index (χ4n) is 2.90. The Hall–Kier alpha value is -3.41. The van der Waals surface area contributed by atoms with Crippen molar-refractivity contribution < 1.29 is 4.79 Å². The third-order valence-corrected chi connectivity index (χ3v) is 4.08. The number of amides is 1. The van der Waals surface area contributed by atoms with Crippen LogP contribution in [0.1, 0.15) is 5.82 Å². The van der Waals surface area contributed by atoms with Crippen LogP contribution >= 0.6 is 0 Å². The SMILES string of the molecule is Cc1nc2ccccc2n1CC(=O)Nc1cccc(-n2ccnc2)c1. The number of nitrogens with zero attached hydrogens (tertiary/aromatic N) is 4. The molecule has 2 heterocycles. The average molecular weight is 331 g/mol. The molecule has 0 spiro atoms. The fourth-order valence-corrected chi connectivity index (χ4v) is 2.90. The number of nitrogens with one attached hydrogen (secondary N) is 1. The lowest BCUT2D eigenvalue weighted by Crippen LogP contribution is -2.19. The van der Waals surface area contributed by atoms with Gasteiger partial charge in [0.25, 0.3) is 0 Å². The van der Waals surface area contributed by atoms with Crippen LogP contribution in [0.3, 0.4) is 0 Å². The Labute approximate surface area is 144 Å². The minimum atomic E-state index is -0.0889. The molecule has 0 unspecified atom stereocenters. The summed E-state index contributed by atoms with van der Waals surface area (Å²) in [6, 6.07) is 15.5. The summed E-state index contributed by atoms with van der Waals surface area (Å²) < 4.78 is 3.81. The first-order valence-electron chi connectivity index (χ1n) is 8.01. The maximum absolute atomic E-state index is 12.5. The van der Waals surface area contributed by atoms with E-state index >= 15 is 0 Å². The molecule has 124 valence electrons. The maximum atomic E-state index is 12.5. The van der Waals surface area contributed by atoms with E-state index in [1.807, 2.05) is 70.8 Å². The van der Waals surface area contributed by atoms with E-state index in [2.05, 4.69) is 15.3 Å². The summed E-state index contributed by atoms with van der Waals surface area (Å²) in [5.41, 5.74) is 3.55. The average Bonchev–Trinajstić information content (AvgIpc) is 3.24. The number of fused-ring (bicyclic) bond motifs is 1. The number of benzene rings is 2. The molecule has 0 saturated heterocycles. The molecule has 4 aromatic rings. The minimum absolute atomic E-state index is 0.0889. The van der Waals surface area contributed by atoms with Crippen molar-refractivity contribution >= 4 is 22.6 Å². The summed E-state index contributed by atoms with van der Waals surface area (Å²) in [5, 5.41) is 2.95. The molecular weight excluding hydrogens is 314 g/mol. The molecule has 1 amide bonds. The van der Waals surface area contributed by atoms with Crippen molar-refractivity contribution in [2.75, 3.05) is 5.32 Å². The van der Waals surface area contributed by atoms with Gasteiger partial charge in [0.2, 0.25) is 5.91 Å². The number of anilines is 1. The van der Waals surface area contributed by atoms with Gasteiger partial charge in [-0.3, -0.25) is 4.79 Å². The second-order valence-corrected chi connectivity index (χ2v) is 5.80. The van der Waals surface area contributed by atoms with E-state index < -0.39 is 0 Å². The summed E-state index contributed by atoms with van der Waals surface area (Å²) in [5.74, 6) is 0.734. The zero-order chi connectivity index (χ0) is 17.2.